The minimum absolute atomic E-state index is 0.191. The van der Waals surface area contributed by atoms with Gasteiger partial charge in [0.2, 0.25) is 0 Å². The number of aliphatic hydroxyl groups excluding tert-OH is 1. The van der Waals surface area contributed by atoms with Crippen LogP contribution in [0.1, 0.15) is 41.7 Å². The van der Waals surface area contributed by atoms with Crippen molar-refractivity contribution in [3.63, 3.8) is 0 Å². The molecule has 2 N–H and O–H groups in total. The molecule has 1 aliphatic heterocycles. The molecule has 1 aliphatic carbocycles. The van der Waals surface area contributed by atoms with Crippen molar-refractivity contribution in [2.45, 2.75) is 44.4 Å². The van der Waals surface area contributed by atoms with Crippen molar-refractivity contribution < 1.29 is 9.90 Å². The molecule has 2 aromatic heterocycles. The average molecular weight is 449 g/mol. The third kappa shape index (κ3) is 4.86. The number of fused-ring (bicyclic) bond motifs is 1. The number of nitrogens with zero attached hydrogens (tertiary/aromatic N) is 5. The fourth-order valence-electron chi connectivity index (χ4n) is 4.99. The molecule has 8 heteroatoms. The van der Waals surface area contributed by atoms with Gasteiger partial charge in [0.25, 0.3) is 5.91 Å². The summed E-state index contributed by atoms with van der Waals surface area (Å²) in [5.41, 5.74) is 3.54. The monoisotopic (exact) mass is 448 g/mol. The molecule has 0 spiro atoms. The van der Waals surface area contributed by atoms with Crippen molar-refractivity contribution in [2.75, 3.05) is 31.1 Å². The maximum absolute atomic E-state index is 13.0. The zero-order chi connectivity index (χ0) is 22.8. The van der Waals surface area contributed by atoms with E-state index in [2.05, 4.69) is 37.5 Å². The second-order valence-electron chi connectivity index (χ2n) is 9.25. The Morgan fingerprint density at radius 3 is 2.70 bits per heavy atom. The van der Waals surface area contributed by atoms with Crippen LogP contribution in [0.25, 0.3) is 10.9 Å². The number of nitrogens with one attached hydrogen (secondary N) is 1. The molecule has 33 heavy (non-hydrogen) atoms. The van der Waals surface area contributed by atoms with Crippen molar-refractivity contribution >= 4 is 22.5 Å². The SMILES string of the molecule is Cn1cc(N2CCN(Cc3cc(C(=O)N[C@H]4CCCC[C@@H]4O)nc4ccccc34)CC2)cn1. The molecule has 1 saturated heterocycles. The third-order valence-electron chi connectivity index (χ3n) is 6.90. The number of piperazine rings is 1. The maximum Gasteiger partial charge on any atom is 0.270 e. The second kappa shape index (κ2) is 9.49. The fourth-order valence-corrected chi connectivity index (χ4v) is 4.99. The Balaban J connectivity index is 1.31. The summed E-state index contributed by atoms with van der Waals surface area (Å²) in [6, 6.07) is 9.76. The van der Waals surface area contributed by atoms with Gasteiger partial charge in [-0.3, -0.25) is 14.4 Å². The van der Waals surface area contributed by atoms with E-state index < -0.39 is 6.10 Å². The van der Waals surface area contributed by atoms with E-state index in [0.717, 1.165) is 80.6 Å². The highest BCUT2D eigenvalue weighted by Crippen LogP contribution is 2.23. The fraction of sp³-hybridized carbons (Fsp3) is 0.480. The van der Waals surface area contributed by atoms with Crippen LogP contribution in [0, 0.1) is 0 Å². The molecule has 0 bridgehead atoms. The number of anilines is 1. The summed E-state index contributed by atoms with van der Waals surface area (Å²) in [6.07, 6.45) is 7.10. The quantitative estimate of drug-likeness (QED) is 0.623. The molecule has 1 amide bonds. The van der Waals surface area contributed by atoms with E-state index >= 15 is 0 Å². The van der Waals surface area contributed by atoms with E-state index in [1.54, 1.807) is 0 Å². The number of pyridine rings is 1. The zero-order valence-corrected chi connectivity index (χ0v) is 19.2. The number of hydrogen-bond acceptors (Lipinski definition) is 6. The first-order chi connectivity index (χ1) is 16.1. The molecule has 2 fully saturated rings. The summed E-state index contributed by atoms with van der Waals surface area (Å²) in [4.78, 5) is 22.5. The van der Waals surface area contributed by atoms with Crippen LogP contribution in [-0.2, 0) is 13.6 Å². The Kier molecular flexibility index (Phi) is 6.28. The van der Waals surface area contributed by atoms with E-state index in [4.69, 9.17) is 0 Å². The van der Waals surface area contributed by atoms with Gasteiger partial charge in [-0.1, -0.05) is 31.0 Å². The van der Waals surface area contributed by atoms with Gasteiger partial charge < -0.3 is 15.3 Å². The predicted octanol–water partition coefficient (Wildman–Crippen LogP) is 2.32. The third-order valence-corrected chi connectivity index (χ3v) is 6.90. The number of aryl methyl sites for hydroxylation is 1. The minimum Gasteiger partial charge on any atom is -0.391 e. The van der Waals surface area contributed by atoms with Crippen LogP contribution in [0.4, 0.5) is 5.69 Å². The lowest BCUT2D eigenvalue weighted by Crippen LogP contribution is -2.46. The summed E-state index contributed by atoms with van der Waals surface area (Å²) in [5.74, 6) is -0.200. The topological polar surface area (TPSA) is 86.5 Å². The van der Waals surface area contributed by atoms with E-state index in [1.807, 2.05) is 42.2 Å². The largest absolute Gasteiger partial charge is 0.391 e. The van der Waals surface area contributed by atoms with Gasteiger partial charge in [0.05, 0.1) is 29.5 Å². The van der Waals surface area contributed by atoms with Gasteiger partial charge in [-0.15, -0.1) is 0 Å². The molecule has 2 aliphatic rings. The molecular weight excluding hydrogens is 416 g/mol. The highest BCUT2D eigenvalue weighted by molar-refractivity contribution is 5.96. The number of benzene rings is 1. The van der Waals surface area contributed by atoms with Crippen LogP contribution in [0.2, 0.25) is 0 Å². The first-order valence-corrected chi connectivity index (χ1v) is 11.9. The Bertz CT molecular complexity index is 1120. The maximum atomic E-state index is 13.0. The molecule has 2 atom stereocenters. The van der Waals surface area contributed by atoms with Crippen LogP contribution in [-0.4, -0.2) is 69.0 Å². The van der Waals surface area contributed by atoms with E-state index in [-0.39, 0.29) is 11.9 Å². The van der Waals surface area contributed by atoms with Gasteiger partial charge >= 0.3 is 0 Å². The molecule has 1 aromatic carbocycles. The molecule has 5 rings (SSSR count). The highest BCUT2D eigenvalue weighted by Gasteiger charge is 2.26. The number of para-hydroxylation sites is 1. The van der Waals surface area contributed by atoms with Gasteiger partial charge in [-0.25, -0.2) is 4.98 Å². The first-order valence-electron chi connectivity index (χ1n) is 11.9. The smallest absolute Gasteiger partial charge is 0.270 e. The Hall–Kier alpha value is -2.97. The van der Waals surface area contributed by atoms with Crippen LogP contribution in [0.5, 0.6) is 0 Å². The number of hydrogen-bond donors (Lipinski definition) is 2. The van der Waals surface area contributed by atoms with Crippen molar-refractivity contribution in [2.24, 2.45) is 7.05 Å². The van der Waals surface area contributed by atoms with Crippen molar-refractivity contribution in [3.05, 3.63) is 54.0 Å². The van der Waals surface area contributed by atoms with Crippen LogP contribution in [0.15, 0.2) is 42.7 Å². The van der Waals surface area contributed by atoms with Crippen LogP contribution >= 0.6 is 0 Å². The minimum atomic E-state index is -0.473. The van der Waals surface area contributed by atoms with Crippen molar-refractivity contribution in [3.8, 4) is 0 Å². The van der Waals surface area contributed by atoms with Crippen molar-refractivity contribution in [1.29, 1.82) is 0 Å². The van der Waals surface area contributed by atoms with Crippen LogP contribution < -0.4 is 10.2 Å². The van der Waals surface area contributed by atoms with Crippen LogP contribution in [0.3, 0.4) is 0 Å². The molecule has 1 saturated carbocycles. The van der Waals surface area contributed by atoms with Gasteiger partial charge in [-0.2, -0.15) is 5.10 Å². The zero-order valence-electron chi connectivity index (χ0n) is 19.2. The number of aromatic nitrogens is 3. The number of amides is 1. The highest BCUT2D eigenvalue weighted by atomic mass is 16.3. The van der Waals surface area contributed by atoms with Crippen molar-refractivity contribution in [1.82, 2.24) is 25.0 Å². The molecule has 174 valence electrons. The Labute approximate surface area is 194 Å². The number of carbonyl (C=O) groups excluding carboxylic acids is 1. The lowest BCUT2D eigenvalue weighted by molar-refractivity contribution is 0.0714. The van der Waals surface area contributed by atoms with Gasteiger partial charge in [0, 0.05) is 51.4 Å². The predicted molar refractivity (Wildman–Crippen MR) is 128 cm³/mol. The van der Waals surface area contributed by atoms with E-state index in [0.29, 0.717) is 5.69 Å². The molecular formula is C25H32N6O2. The second-order valence-corrected chi connectivity index (χ2v) is 9.25. The average Bonchev–Trinajstić information content (AvgIpc) is 3.27. The Morgan fingerprint density at radius 1 is 1.15 bits per heavy atom. The van der Waals surface area contributed by atoms with E-state index in [1.165, 1.54) is 0 Å². The van der Waals surface area contributed by atoms with Gasteiger partial charge in [0.15, 0.2) is 0 Å². The normalized spacial score (nSPS) is 21.9. The standard InChI is InChI=1S/C25H32N6O2/c1-29-17-19(15-26-29)31-12-10-30(11-13-31)16-18-14-23(27-21-7-3-2-6-20(18)21)25(33)28-22-8-4-5-9-24(22)32/h2-3,6-7,14-15,17,22,24,32H,4-5,8-13,16H2,1H3,(H,28,33)/t22-,24-/m0/s1. The van der Waals surface area contributed by atoms with Gasteiger partial charge in [0.1, 0.15) is 5.69 Å². The van der Waals surface area contributed by atoms with E-state index in [9.17, 15) is 9.90 Å². The summed E-state index contributed by atoms with van der Waals surface area (Å²) in [6.45, 7) is 4.56. The molecule has 0 unspecified atom stereocenters. The summed E-state index contributed by atoms with van der Waals surface area (Å²) in [7, 11) is 1.94. The molecule has 0 radical (unpaired) electrons. The molecule has 3 aromatic rings. The summed E-state index contributed by atoms with van der Waals surface area (Å²) >= 11 is 0. The number of aliphatic hydroxyl groups is 1. The van der Waals surface area contributed by atoms with Gasteiger partial charge in [-0.05, 0) is 30.5 Å². The lowest BCUT2D eigenvalue weighted by atomic mass is 9.92. The molecule has 3 heterocycles. The number of carbonyl (C=O) groups is 1. The number of rotatable bonds is 5. The summed E-state index contributed by atoms with van der Waals surface area (Å²) < 4.78 is 1.84. The molecule has 8 nitrogen and oxygen atoms in total. The Morgan fingerprint density at radius 2 is 1.94 bits per heavy atom. The summed E-state index contributed by atoms with van der Waals surface area (Å²) in [5, 5.41) is 18.7. The first kappa shape index (κ1) is 21.9. The lowest BCUT2D eigenvalue weighted by Gasteiger charge is -2.35.